The summed E-state index contributed by atoms with van der Waals surface area (Å²) in [4.78, 5) is 13.2. The molecule has 132 valence electrons. The molecule has 0 atom stereocenters. The molecule has 2 amide bonds. The van der Waals surface area contributed by atoms with Crippen molar-refractivity contribution in [1.29, 1.82) is 0 Å². The average molecular weight is 420 g/mol. The molecule has 2 aromatic rings. The summed E-state index contributed by atoms with van der Waals surface area (Å²) in [5, 5.41) is 5.74. The van der Waals surface area contributed by atoms with E-state index in [0.717, 1.165) is 28.8 Å². The molecule has 1 aliphatic rings. The number of anilines is 1. The molecule has 4 nitrogen and oxygen atoms in total. The maximum Gasteiger partial charge on any atom is 0.319 e. The van der Waals surface area contributed by atoms with Crippen molar-refractivity contribution < 1.29 is 4.79 Å². The summed E-state index contributed by atoms with van der Waals surface area (Å²) in [5.74, 6) is 0. The highest BCUT2D eigenvalue weighted by Gasteiger charge is 2.11. The first-order valence-corrected chi connectivity index (χ1v) is 10.1. The van der Waals surface area contributed by atoms with E-state index in [9.17, 15) is 4.79 Å². The minimum atomic E-state index is -0.198. The Morgan fingerprint density at radius 3 is 2.56 bits per heavy atom. The van der Waals surface area contributed by atoms with Gasteiger partial charge in [-0.2, -0.15) is 0 Å². The van der Waals surface area contributed by atoms with Crippen LogP contribution in [0.2, 0.25) is 0 Å². The minimum absolute atomic E-state index is 0.198. The molecule has 25 heavy (non-hydrogen) atoms. The summed E-state index contributed by atoms with van der Waals surface area (Å²) < 4.78 is 3.42. The van der Waals surface area contributed by atoms with E-state index in [0.29, 0.717) is 6.54 Å². The Morgan fingerprint density at radius 1 is 1.08 bits per heavy atom. The topological polar surface area (TPSA) is 44.4 Å². The number of rotatable bonds is 5. The van der Waals surface area contributed by atoms with Gasteiger partial charge < -0.3 is 10.6 Å². The van der Waals surface area contributed by atoms with Gasteiger partial charge in [-0.15, -0.1) is 0 Å². The molecule has 0 saturated carbocycles. The lowest BCUT2D eigenvalue weighted by atomic mass is 10.2. The van der Waals surface area contributed by atoms with Crippen molar-refractivity contribution in [3.05, 3.63) is 58.6 Å². The number of halogens is 1. The second-order valence-electron chi connectivity index (χ2n) is 6.04. The molecule has 6 heteroatoms. The van der Waals surface area contributed by atoms with Crippen LogP contribution >= 0.6 is 27.9 Å². The standard InChI is InChI=1S/C19H22BrN3OS/c20-16-6-4-5-15(13-16)14-21-19(24)22-17-7-9-18(10-8-17)25-23-11-2-1-3-12-23/h4-10,13H,1-3,11-12,14H2,(H2,21,22,24). The van der Waals surface area contributed by atoms with Crippen LogP contribution in [0.3, 0.4) is 0 Å². The van der Waals surface area contributed by atoms with Gasteiger partial charge in [0, 0.05) is 34.7 Å². The monoisotopic (exact) mass is 419 g/mol. The molecule has 3 rings (SSSR count). The van der Waals surface area contributed by atoms with Crippen LogP contribution < -0.4 is 10.6 Å². The molecular formula is C19H22BrN3OS. The summed E-state index contributed by atoms with van der Waals surface area (Å²) in [7, 11) is 0. The van der Waals surface area contributed by atoms with Gasteiger partial charge in [0.25, 0.3) is 0 Å². The van der Waals surface area contributed by atoms with Crippen LogP contribution in [0.5, 0.6) is 0 Å². The van der Waals surface area contributed by atoms with Crippen molar-refractivity contribution in [3.8, 4) is 0 Å². The Labute approximate surface area is 161 Å². The smallest absolute Gasteiger partial charge is 0.319 e. The number of nitrogens with one attached hydrogen (secondary N) is 2. The summed E-state index contributed by atoms with van der Waals surface area (Å²) >= 11 is 5.23. The van der Waals surface area contributed by atoms with Crippen molar-refractivity contribution >= 4 is 39.6 Å². The highest BCUT2D eigenvalue weighted by atomic mass is 79.9. The van der Waals surface area contributed by atoms with Crippen LogP contribution in [0.1, 0.15) is 24.8 Å². The quantitative estimate of drug-likeness (QED) is 0.649. The summed E-state index contributed by atoms with van der Waals surface area (Å²) in [6, 6.07) is 15.7. The molecule has 1 heterocycles. The first-order valence-electron chi connectivity index (χ1n) is 8.51. The fourth-order valence-corrected chi connectivity index (χ4v) is 4.15. The molecule has 2 N–H and O–H groups in total. The molecule has 2 aromatic carbocycles. The van der Waals surface area contributed by atoms with Gasteiger partial charge in [-0.1, -0.05) is 34.5 Å². The Morgan fingerprint density at radius 2 is 1.84 bits per heavy atom. The van der Waals surface area contributed by atoms with Crippen molar-refractivity contribution in [2.24, 2.45) is 0 Å². The van der Waals surface area contributed by atoms with Gasteiger partial charge in [0.2, 0.25) is 0 Å². The highest BCUT2D eigenvalue weighted by Crippen LogP contribution is 2.27. The zero-order valence-electron chi connectivity index (χ0n) is 14.0. The number of hydrogen-bond donors (Lipinski definition) is 2. The predicted molar refractivity (Wildman–Crippen MR) is 108 cm³/mol. The Hall–Kier alpha value is -1.50. The van der Waals surface area contributed by atoms with Gasteiger partial charge >= 0.3 is 6.03 Å². The molecule has 1 fully saturated rings. The summed E-state index contributed by atoms with van der Waals surface area (Å²) in [6.07, 6.45) is 3.91. The first-order chi connectivity index (χ1) is 12.2. The third kappa shape index (κ3) is 6.06. The lowest BCUT2D eigenvalue weighted by molar-refractivity contribution is 0.251. The van der Waals surface area contributed by atoms with E-state index in [4.69, 9.17) is 0 Å². The van der Waals surface area contributed by atoms with Gasteiger partial charge in [0.15, 0.2) is 0 Å². The van der Waals surface area contributed by atoms with E-state index >= 15 is 0 Å². The molecular weight excluding hydrogens is 398 g/mol. The van der Waals surface area contributed by atoms with E-state index in [1.54, 1.807) is 11.9 Å². The number of urea groups is 1. The van der Waals surface area contributed by atoms with E-state index in [2.05, 4.69) is 43.0 Å². The third-order valence-electron chi connectivity index (χ3n) is 4.00. The maximum absolute atomic E-state index is 12.0. The largest absolute Gasteiger partial charge is 0.334 e. The minimum Gasteiger partial charge on any atom is -0.334 e. The van der Waals surface area contributed by atoms with Crippen LogP contribution in [0.25, 0.3) is 0 Å². The Kier molecular flexibility index (Phi) is 6.78. The predicted octanol–water partition coefficient (Wildman–Crippen LogP) is 5.26. The molecule has 0 aromatic heterocycles. The van der Waals surface area contributed by atoms with Gasteiger partial charge in [0.05, 0.1) is 0 Å². The molecule has 1 aliphatic heterocycles. The highest BCUT2D eigenvalue weighted by molar-refractivity contribution is 9.10. The molecule has 0 spiro atoms. The lowest BCUT2D eigenvalue weighted by Gasteiger charge is -2.25. The van der Waals surface area contributed by atoms with Gasteiger partial charge in [-0.3, -0.25) is 0 Å². The number of amides is 2. The molecule has 0 aliphatic carbocycles. The Bertz CT molecular complexity index is 702. The van der Waals surface area contributed by atoms with Crippen molar-refractivity contribution in [3.63, 3.8) is 0 Å². The molecule has 0 radical (unpaired) electrons. The molecule has 0 unspecified atom stereocenters. The van der Waals surface area contributed by atoms with Gasteiger partial charge in [-0.05, 0) is 66.8 Å². The van der Waals surface area contributed by atoms with Crippen LogP contribution in [0.15, 0.2) is 57.9 Å². The lowest BCUT2D eigenvalue weighted by Crippen LogP contribution is -2.28. The Balaban J connectivity index is 1.46. The van der Waals surface area contributed by atoms with E-state index in [-0.39, 0.29) is 6.03 Å². The number of nitrogens with zero attached hydrogens (tertiary/aromatic N) is 1. The second-order valence-corrected chi connectivity index (χ2v) is 8.13. The van der Waals surface area contributed by atoms with E-state index in [1.807, 2.05) is 36.4 Å². The molecule has 0 bridgehead atoms. The SMILES string of the molecule is O=C(NCc1cccc(Br)c1)Nc1ccc(SN2CCCCC2)cc1. The number of benzene rings is 2. The zero-order valence-corrected chi connectivity index (χ0v) is 16.4. The van der Waals surface area contributed by atoms with Crippen LogP contribution in [-0.4, -0.2) is 23.4 Å². The van der Waals surface area contributed by atoms with Crippen LogP contribution in [0.4, 0.5) is 10.5 Å². The van der Waals surface area contributed by atoms with Gasteiger partial charge in [0.1, 0.15) is 0 Å². The number of carbonyl (C=O) groups is 1. The number of hydrogen-bond acceptors (Lipinski definition) is 3. The normalized spacial score (nSPS) is 14.9. The fourth-order valence-electron chi connectivity index (χ4n) is 2.71. The third-order valence-corrected chi connectivity index (χ3v) is 5.60. The van der Waals surface area contributed by atoms with E-state index < -0.39 is 0 Å². The van der Waals surface area contributed by atoms with Crippen LogP contribution in [0, 0.1) is 0 Å². The number of piperidine rings is 1. The van der Waals surface area contributed by atoms with Crippen LogP contribution in [-0.2, 0) is 6.54 Å². The zero-order chi connectivity index (χ0) is 17.5. The maximum atomic E-state index is 12.0. The second kappa shape index (κ2) is 9.27. The summed E-state index contributed by atoms with van der Waals surface area (Å²) in [5.41, 5.74) is 1.85. The fraction of sp³-hybridized carbons (Fsp3) is 0.316. The summed E-state index contributed by atoms with van der Waals surface area (Å²) in [6.45, 7) is 2.81. The number of carbonyl (C=O) groups excluding carboxylic acids is 1. The van der Waals surface area contributed by atoms with Crippen molar-refractivity contribution in [2.45, 2.75) is 30.7 Å². The van der Waals surface area contributed by atoms with Crippen molar-refractivity contribution in [2.75, 3.05) is 18.4 Å². The van der Waals surface area contributed by atoms with Gasteiger partial charge in [-0.25, -0.2) is 9.10 Å². The average Bonchev–Trinajstić information content (AvgIpc) is 2.63. The first kappa shape index (κ1) is 18.3. The molecule has 1 saturated heterocycles. The van der Waals surface area contributed by atoms with E-state index in [1.165, 1.54) is 24.2 Å². The van der Waals surface area contributed by atoms with Crippen molar-refractivity contribution in [1.82, 2.24) is 9.62 Å².